The number of nitro benzene ring substituents is 1. The maximum Gasteiger partial charge on any atom is 0.289 e. The lowest BCUT2D eigenvalue weighted by Crippen LogP contribution is -2.53. The molecule has 1 aromatic rings. The molecule has 0 atom stereocenters. The largest absolute Gasteiger partial charge is 0.353 e. The van der Waals surface area contributed by atoms with Gasteiger partial charge in [-0.3, -0.25) is 14.9 Å². The fourth-order valence-electron chi connectivity index (χ4n) is 2.68. The molecule has 2 rings (SSSR count). The van der Waals surface area contributed by atoms with Crippen LogP contribution in [-0.2, 0) is 14.8 Å². The maximum atomic E-state index is 12.2. The van der Waals surface area contributed by atoms with Gasteiger partial charge in [0.15, 0.2) is 4.90 Å². The van der Waals surface area contributed by atoms with Crippen LogP contribution in [-0.4, -0.2) is 37.9 Å². The molecule has 1 aliphatic carbocycles. The fraction of sp³-hybridized carbons (Fsp3) is 0.500. The van der Waals surface area contributed by atoms with Gasteiger partial charge in [-0.15, -0.1) is 0 Å². The number of rotatable bonds is 7. The molecule has 132 valence electrons. The van der Waals surface area contributed by atoms with Crippen LogP contribution in [0.5, 0.6) is 0 Å². The average Bonchev–Trinajstić information content (AvgIpc) is 2.99. The number of amides is 1. The van der Waals surface area contributed by atoms with Gasteiger partial charge in [0.2, 0.25) is 15.9 Å². The predicted molar refractivity (Wildman–Crippen MR) is 86.7 cm³/mol. The second-order valence-corrected chi connectivity index (χ2v) is 7.48. The van der Waals surface area contributed by atoms with E-state index in [2.05, 4.69) is 10.0 Å². The van der Waals surface area contributed by atoms with Crippen LogP contribution in [0.4, 0.5) is 5.69 Å². The Balaban J connectivity index is 1.92. The molecule has 0 heterocycles. The van der Waals surface area contributed by atoms with E-state index in [1.54, 1.807) is 0 Å². The van der Waals surface area contributed by atoms with E-state index in [-0.39, 0.29) is 19.0 Å². The molecule has 0 aromatic heterocycles. The summed E-state index contributed by atoms with van der Waals surface area (Å²) in [7, 11) is -4.04. The van der Waals surface area contributed by atoms with Crippen LogP contribution in [0, 0.1) is 10.1 Å². The Labute approximate surface area is 139 Å². The predicted octanol–water partition coefficient (Wildman–Crippen LogP) is 0.261. The topological polar surface area (TPSA) is 144 Å². The summed E-state index contributed by atoms with van der Waals surface area (Å²) in [5, 5.41) is 13.5. The lowest BCUT2D eigenvalue weighted by molar-refractivity contribution is -0.387. The lowest BCUT2D eigenvalue weighted by Gasteiger charge is -2.22. The Kier molecular flexibility index (Phi) is 5.52. The number of hydrogen-bond donors (Lipinski definition) is 3. The first-order chi connectivity index (χ1) is 11.3. The smallest absolute Gasteiger partial charge is 0.289 e. The first kappa shape index (κ1) is 18.3. The first-order valence-corrected chi connectivity index (χ1v) is 9.05. The second-order valence-electron chi connectivity index (χ2n) is 5.74. The number of nitro groups is 1. The van der Waals surface area contributed by atoms with Crippen LogP contribution in [0.2, 0.25) is 0 Å². The molecule has 0 saturated heterocycles. The fourth-order valence-corrected chi connectivity index (χ4v) is 3.89. The molecular formula is C14H20N4O5S. The van der Waals surface area contributed by atoms with E-state index in [1.807, 2.05) is 0 Å². The number of sulfonamides is 1. The molecule has 1 aliphatic rings. The SMILES string of the molecule is NC1(C(=O)NCCNS(=O)(=O)c2ccccc2[N+](=O)[O-])CCCC1. The van der Waals surface area contributed by atoms with E-state index in [4.69, 9.17) is 5.73 Å². The Morgan fingerprint density at radius 2 is 1.88 bits per heavy atom. The molecular weight excluding hydrogens is 336 g/mol. The minimum atomic E-state index is -4.04. The molecule has 0 unspecified atom stereocenters. The number of hydrogen-bond acceptors (Lipinski definition) is 6. The zero-order valence-electron chi connectivity index (χ0n) is 13.0. The summed E-state index contributed by atoms with van der Waals surface area (Å²) in [4.78, 5) is 21.7. The van der Waals surface area contributed by atoms with E-state index >= 15 is 0 Å². The molecule has 9 nitrogen and oxygen atoms in total. The summed E-state index contributed by atoms with van der Waals surface area (Å²) in [5.41, 5.74) is 4.61. The maximum absolute atomic E-state index is 12.2. The van der Waals surface area contributed by atoms with Gasteiger partial charge >= 0.3 is 0 Å². The van der Waals surface area contributed by atoms with Crippen molar-refractivity contribution in [1.29, 1.82) is 0 Å². The highest BCUT2D eigenvalue weighted by atomic mass is 32.2. The number of nitrogens with two attached hydrogens (primary N) is 1. The van der Waals surface area contributed by atoms with Gasteiger partial charge in [0.05, 0.1) is 10.5 Å². The van der Waals surface area contributed by atoms with Crippen molar-refractivity contribution in [1.82, 2.24) is 10.0 Å². The Bertz CT molecular complexity index is 728. The lowest BCUT2D eigenvalue weighted by atomic mass is 9.98. The normalized spacial score (nSPS) is 16.7. The highest BCUT2D eigenvalue weighted by Gasteiger charge is 2.36. The van der Waals surface area contributed by atoms with Crippen LogP contribution in [0.15, 0.2) is 29.2 Å². The number of carbonyl (C=O) groups is 1. The minimum absolute atomic E-state index is 0.0532. The Morgan fingerprint density at radius 3 is 2.50 bits per heavy atom. The molecule has 24 heavy (non-hydrogen) atoms. The number of carbonyl (C=O) groups excluding carboxylic acids is 1. The van der Waals surface area contributed by atoms with Crippen molar-refractivity contribution in [2.75, 3.05) is 13.1 Å². The van der Waals surface area contributed by atoms with Crippen molar-refractivity contribution in [2.24, 2.45) is 5.73 Å². The number of nitrogens with one attached hydrogen (secondary N) is 2. The van der Waals surface area contributed by atoms with Crippen molar-refractivity contribution < 1.29 is 18.1 Å². The molecule has 0 spiro atoms. The summed E-state index contributed by atoms with van der Waals surface area (Å²) in [6.45, 7) is -0.0339. The Hall–Kier alpha value is -2.04. The van der Waals surface area contributed by atoms with Crippen molar-refractivity contribution in [3.8, 4) is 0 Å². The van der Waals surface area contributed by atoms with Crippen molar-refractivity contribution >= 4 is 21.6 Å². The first-order valence-electron chi connectivity index (χ1n) is 7.56. The van der Waals surface area contributed by atoms with Crippen molar-refractivity contribution in [3.63, 3.8) is 0 Å². The van der Waals surface area contributed by atoms with Crippen LogP contribution in [0.25, 0.3) is 0 Å². The highest BCUT2D eigenvalue weighted by molar-refractivity contribution is 7.89. The van der Waals surface area contributed by atoms with Gasteiger partial charge in [-0.2, -0.15) is 0 Å². The zero-order chi connectivity index (χ0) is 17.8. The van der Waals surface area contributed by atoms with Crippen molar-refractivity contribution in [3.05, 3.63) is 34.4 Å². The van der Waals surface area contributed by atoms with Gasteiger partial charge in [-0.1, -0.05) is 25.0 Å². The molecule has 1 fully saturated rings. The molecule has 4 N–H and O–H groups in total. The summed E-state index contributed by atoms with van der Waals surface area (Å²) < 4.78 is 26.6. The van der Waals surface area contributed by atoms with Gasteiger partial charge in [0.1, 0.15) is 0 Å². The quantitative estimate of drug-likeness (QED) is 0.363. The van der Waals surface area contributed by atoms with E-state index in [0.29, 0.717) is 12.8 Å². The van der Waals surface area contributed by atoms with E-state index in [9.17, 15) is 23.3 Å². The zero-order valence-corrected chi connectivity index (χ0v) is 13.8. The number of benzene rings is 1. The van der Waals surface area contributed by atoms with Crippen molar-refractivity contribution in [2.45, 2.75) is 36.1 Å². The summed E-state index contributed by atoms with van der Waals surface area (Å²) in [5.74, 6) is -0.301. The minimum Gasteiger partial charge on any atom is -0.353 e. The monoisotopic (exact) mass is 356 g/mol. The van der Waals surface area contributed by atoms with E-state index in [1.165, 1.54) is 12.1 Å². The molecule has 1 aromatic carbocycles. The highest BCUT2D eigenvalue weighted by Crippen LogP contribution is 2.27. The second kappa shape index (κ2) is 7.24. The molecule has 0 radical (unpaired) electrons. The molecule has 0 bridgehead atoms. The third-order valence-electron chi connectivity index (χ3n) is 4.00. The van der Waals surface area contributed by atoms with Gasteiger partial charge in [-0.25, -0.2) is 13.1 Å². The van der Waals surface area contributed by atoms with Crippen LogP contribution < -0.4 is 15.8 Å². The summed E-state index contributed by atoms with van der Waals surface area (Å²) >= 11 is 0. The van der Waals surface area contributed by atoms with E-state index in [0.717, 1.165) is 25.0 Å². The number of para-hydroxylation sites is 1. The van der Waals surface area contributed by atoms with Crippen LogP contribution in [0.1, 0.15) is 25.7 Å². The summed E-state index contributed by atoms with van der Waals surface area (Å²) in [6.07, 6.45) is 3.02. The summed E-state index contributed by atoms with van der Waals surface area (Å²) in [6, 6.07) is 5.07. The third kappa shape index (κ3) is 4.08. The molecule has 0 aliphatic heterocycles. The Morgan fingerprint density at radius 1 is 1.25 bits per heavy atom. The number of nitrogens with zero attached hydrogens (tertiary/aromatic N) is 1. The van der Waals surface area contributed by atoms with Gasteiger partial charge in [-0.05, 0) is 18.9 Å². The molecule has 1 saturated carbocycles. The third-order valence-corrected chi connectivity index (χ3v) is 5.51. The van der Waals surface area contributed by atoms with Gasteiger partial charge in [0.25, 0.3) is 5.69 Å². The average molecular weight is 356 g/mol. The molecule has 10 heteroatoms. The molecule has 1 amide bonds. The van der Waals surface area contributed by atoms with Gasteiger partial charge < -0.3 is 11.1 Å². The van der Waals surface area contributed by atoms with Crippen LogP contribution in [0.3, 0.4) is 0 Å². The van der Waals surface area contributed by atoms with Crippen LogP contribution >= 0.6 is 0 Å². The standard InChI is InChI=1S/C14H20N4O5S/c15-14(7-3-4-8-14)13(19)16-9-10-17-24(22,23)12-6-2-1-5-11(12)18(20)21/h1-2,5-6,17H,3-4,7-10,15H2,(H,16,19). The van der Waals surface area contributed by atoms with Gasteiger partial charge in [0, 0.05) is 19.2 Å². The van der Waals surface area contributed by atoms with E-state index < -0.39 is 31.1 Å².